The maximum Gasteiger partial charge on any atom is 0.0492 e. The molecule has 2 aromatic rings. The van der Waals surface area contributed by atoms with Gasteiger partial charge in [-0.15, -0.1) is 0 Å². The SMILES string of the molecule is CCNC(CCc1ccnn1C)c1cccc(C)c1Cl. The number of aryl methyl sites for hydroxylation is 3. The smallest absolute Gasteiger partial charge is 0.0492 e. The van der Waals surface area contributed by atoms with Crippen molar-refractivity contribution < 1.29 is 0 Å². The van der Waals surface area contributed by atoms with Crippen molar-refractivity contribution >= 4 is 11.6 Å². The number of nitrogens with one attached hydrogen (secondary N) is 1. The lowest BCUT2D eigenvalue weighted by Gasteiger charge is -2.20. The fourth-order valence-corrected chi connectivity index (χ4v) is 2.75. The van der Waals surface area contributed by atoms with Gasteiger partial charge in [-0.1, -0.05) is 36.7 Å². The molecule has 0 fully saturated rings. The minimum absolute atomic E-state index is 0.280. The molecule has 4 heteroatoms. The molecule has 20 heavy (non-hydrogen) atoms. The molecule has 0 radical (unpaired) electrons. The van der Waals surface area contributed by atoms with E-state index in [-0.39, 0.29) is 6.04 Å². The summed E-state index contributed by atoms with van der Waals surface area (Å²) < 4.78 is 1.93. The molecule has 1 atom stereocenters. The van der Waals surface area contributed by atoms with E-state index in [1.807, 2.05) is 17.9 Å². The fourth-order valence-electron chi connectivity index (χ4n) is 2.49. The first-order valence-corrected chi connectivity index (χ1v) is 7.46. The number of halogens is 1. The Morgan fingerprint density at radius 1 is 1.35 bits per heavy atom. The van der Waals surface area contributed by atoms with Crippen LogP contribution >= 0.6 is 11.6 Å². The van der Waals surface area contributed by atoms with Crippen LogP contribution in [0, 0.1) is 6.92 Å². The lowest BCUT2D eigenvalue weighted by atomic mass is 9.99. The molecule has 0 amide bonds. The summed E-state index contributed by atoms with van der Waals surface area (Å²) in [4.78, 5) is 0. The topological polar surface area (TPSA) is 29.9 Å². The van der Waals surface area contributed by atoms with Gasteiger partial charge < -0.3 is 5.32 Å². The summed E-state index contributed by atoms with van der Waals surface area (Å²) in [5, 5.41) is 8.63. The van der Waals surface area contributed by atoms with Crippen molar-refractivity contribution in [3.05, 3.63) is 52.3 Å². The maximum atomic E-state index is 6.46. The van der Waals surface area contributed by atoms with Crippen LogP contribution < -0.4 is 5.32 Å². The second-order valence-electron chi connectivity index (χ2n) is 5.07. The summed E-state index contributed by atoms with van der Waals surface area (Å²) in [6.45, 7) is 5.11. The van der Waals surface area contributed by atoms with Crippen molar-refractivity contribution in [2.24, 2.45) is 7.05 Å². The van der Waals surface area contributed by atoms with E-state index in [1.165, 1.54) is 11.3 Å². The van der Waals surface area contributed by atoms with E-state index in [0.29, 0.717) is 0 Å². The van der Waals surface area contributed by atoms with Crippen LogP contribution in [0.2, 0.25) is 5.02 Å². The van der Waals surface area contributed by atoms with Crippen LogP contribution in [0.15, 0.2) is 30.5 Å². The first-order chi connectivity index (χ1) is 9.63. The average molecular weight is 292 g/mol. The largest absolute Gasteiger partial charge is 0.310 e. The van der Waals surface area contributed by atoms with Crippen LogP contribution in [0.25, 0.3) is 0 Å². The third-order valence-corrected chi connectivity index (χ3v) is 4.18. The zero-order valence-electron chi connectivity index (χ0n) is 12.4. The standard InChI is InChI=1S/C16H22ClN3/c1-4-18-15(9-8-13-10-11-19-20(13)3)14-7-5-6-12(2)16(14)17/h5-7,10-11,15,18H,4,8-9H2,1-3H3. The molecule has 0 bridgehead atoms. The van der Waals surface area contributed by atoms with Crippen LogP contribution in [0.4, 0.5) is 0 Å². The van der Waals surface area contributed by atoms with Gasteiger partial charge in [-0.2, -0.15) is 5.10 Å². The van der Waals surface area contributed by atoms with Crippen molar-refractivity contribution in [1.29, 1.82) is 0 Å². The second kappa shape index (κ2) is 6.91. The Morgan fingerprint density at radius 2 is 2.15 bits per heavy atom. The average Bonchev–Trinajstić information content (AvgIpc) is 2.84. The van der Waals surface area contributed by atoms with Gasteiger partial charge in [0, 0.05) is 30.0 Å². The third-order valence-electron chi connectivity index (χ3n) is 3.66. The zero-order valence-corrected chi connectivity index (χ0v) is 13.1. The highest BCUT2D eigenvalue weighted by Crippen LogP contribution is 2.28. The van der Waals surface area contributed by atoms with E-state index < -0.39 is 0 Å². The Hall–Kier alpha value is -1.32. The van der Waals surface area contributed by atoms with Gasteiger partial charge in [-0.25, -0.2) is 0 Å². The molecule has 1 aromatic carbocycles. The van der Waals surface area contributed by atoms with Gasteiger partial charge in [-0.05, 0) is 43.5 Å². The number of aromatic nitrogens is 2. The van der Waals surface area contributed by atoms with Gasteiger partial charge in [0.1, 0.15) is 0 Å². The van der Waals surface area contributed by atoms with Crippen LogP contribution in [-0.4, -0.2) is 16.3 Å². The second-order valence-corrected chi connectivity index (χ2v) is 5.45. The summed E-state index contributed by atoms with van der Waals surface area (Å²) in [7, 11) is 1.98. The van der Waals surface area contributed by atoms with Crippen LogP contribution in [0.5, 0.6) is 0 Å². The number of rotatable bonds is 6. The summed E-state index contributed by atoms with van der Waals surface area (Å²) >= 11 is 6.46. The fraction of sp³-hybridized carbons (Fsp3) is 0.438. The molecule has 0 aliphatic heterocycles. The summed E-state index contributed by atoms with van der Waals surface area (Å²) in [6.07, 6.45) is 3.84. The van der Waals surface area contributed by atoms with Crippen LogP contribution in [0.1, 0.15) is 36.2 Å². The lowest BCUT2D eigenvalue weighted by Crippen LogP contribution is -2.22. The van der Waals surface area contributed by atoms with Crippen LogP contribution in [0.3, 0.4) is 0 Å². The van der Waals surface area contributed by atoms with Gasteiger partial charge in [0.25, 0.3) is 0 Å². The summed E-state index contributed by atoms with van der Waals surface area (Å²) in [5.74, 6) is 0. The lowest BCUT2D eigenvalue weighted by molar-refractivity contribution is 0.506. The van der Waals surface area contributed by atoms with Crippen molar-refractivity contribution in [2.45, 2.75) is 32.7 Å². The van der Waals surface area contributed by atoms with Crippen molar-refractivity contribution in [3.63, 3.8) is 0 Å². The summed E-state index contributed by atoms with van der Waals surface area (Å²) in [5.41, 5.74) is 3.57. The molecular formula is C16H22ClN3. The van der Waals surface area contributed by atoms with Crippen molar-refractivity contribution in [3.8, 4) is 0 Å². The first kappa shape index (κ1) is 15.1. The van der Waals surface area contributed by atoms with Gasteiger partial charge in [-0.3, -0.25) is 4.68 Å². The normalized spacial score (nSPS) is 12.6. The molecule has 3 nitrogen and oxygen atoms in total. The monoisotopic (exact) mass is 291 g/mol. The Kier molecular flexibility index (Phi) is 5.21. The number of nitrogens with zero attached hydrogens (tertiary/aromatic N) is 2. The molecule has 1 N–H and O–H groups in total. The quantitative estimate of drug-likeness (QED) is 0.880. The minimum Gasteiger partial charge on any atom is -0.310 e. The van der Waals surface area contributed by atoms with E-state index in [0.717, 1.165) is 30.0 Å². The Balaban J connectivity index is 2.14. The highest BCUT2D eigenvalue weighted by atomic mass is 35.5. The maximum absolute atomic E-state index is 6.46. The van der Waals surface area contributed by atoms with Crippen molar-refractivity contribution in [2.75, 3.05) is 6.54 Å². The number of hydrogen-bond donors (Lipinski definition) is 1. The molecule has 2 rings (SSSR count). The number of benzene rings is 1. The molecule has 108 valence electrons. The highest BCUT2D eigenvalue weighted by molar-refractivity contribution is 6.32. The Morgan fingerprint density at radius 3 is 2.80 bits per heavy atom. The van der Waals surface area contributed by atoms with E-state index >= 15 is 0 Å². The molecule has 0 saturated heterocycles. The van der Waals surface area contributed by atoms with Gasteiger partial charge >= 0.3 is 0 Å². The van der Waals surface area contributed by atoms with E-state index in [4.69, 9.17) is 11.6 Å². The molecule has 1 unspecified atom stereocenters. The molecule has 1 aromatic heterocycles. The van der Waals surface area contributed by atoms with Gasteiger partial charge in [0.15, 0.2) is 0 Å². The third kappa shape index (κ3) is 3.41. The predicted octanol–water partition coefficient (Wildman–Crippen LogP) is 3.67. The number of hydrogen-bond acceptors (Lipinski definition) is 2. The van der Waals surface area contributed by atoms with Gasteiger partial charge in [0.2, 0.25) is 0 Å². The zero-order chi connectivity index (χ0) is 14.5. The minimum atomic E-state index is 0.280. The van der Waals surface area contributed by atoms with Crippen molar-refractivity contribution in [1.82, 2.24) is 15.1 Å². The van der Waals surface area contributed by atoms with E-state index in [1.54, 1.807) is 0 Å². The van der Waals surface area contributed by atoms with Gasteiger partial charge in [0.05, 0.1) is 0 Å². The molecule has 1 heterocycles. The molecule has 0 aliphatic carbocycles. The Labute approximate surface area is 126 Å². The Bertz CT molecular complexity index is 563. The summed E-state index contributed by atoms with van der Waals surface area (Å²) in [6, 6.07) is 8.59. The molecular weight excluding hydrogens is 270 g/mol. The predicted molar refractivity (Wildman–Crippen MR) is 84.1 cm³/mol. The first-order valence-electron chi connectivity index (χ1n) is 7.08. The molecule has 0 spiro atoms. The van der Waals surface area contributed by atoms with E-state index in [2.05, 4.69) is 48.5 Å². The highest BCUT2D eigenvalue weighted by Gasteiger charge is 2.15. The molecule has 0 aliphatic rings. The van der Waals surface area contributed by atoms with E-state index in [9.17, 15) is 0 Å². The van der Waals surface area contributed by atoms with Crippen LogP contribution in [-0.2, 0) is 13.5 Å². The molecule has 0 saturated carbocycles.